The summed E-state index contributed by atoms with van der Waals surface area (Å²) in [5, 5.41) is 2.42. The average molecular weight is 401 g/mol. The number of imide groups is 2. The number of anilines is 1. The Kier molecular flexibility index (Phi) is 4.40. The Morgan fingerprint density at radius 1 is 1.14 bits per heavy atom. The Bertz CT molecular complexity index is 1050. The number of amides is 4. The van der Waals surface area contributed by atoms with Gasteiger partial charge in [0.2, 0.25) is 6.79 Å². The molecule has 0 radical (unpaired) electrons. The smallest absolute Gasteiger partial charge is 0.335 e. The van der Waals surface area contributed by atoms with Crippen LogP contribution < -0.4 is 24.4 Å². The van der Waals surface area contributed by atoms with Crippen molar-refractivity contribution < 1.29 is 28.6 Å². The van der Waals surface area contributed by atoms with Crippen LogP contribution in [0, 0.1) is 0 Å². The molecule has 4 amide bonds. The van der Waals surface area contributed by atoms with E-state index in [9.17, 15) is 14.4 Å². The summed E-state index contributed by atoms with van der Waals surface area (Å²) >= 11 is 6.22. The standard InChI is InChI=1S/C19H13ClN2O6/c1-26-12-4-2-3-11(7-12)22-18(24)13(17(23)21-19(22)25)5-10-6-15-16(8-14(10)20)28-9-27-15/h2-8H,9H2,1H3,(H,21,23,25)/b13-5-. The molecule has 2 aliphatic rings. The molecule has 8 nitrogen and oxygen atoms in total. The van der Waals surface area contributed by atoms with Gasteiger partial charge in [-0.1, -0.05) is 17.7 Å². The summed E-state index contributed by atoms with van der Waals surface area (Å²) in [6.07, 6.45) is 1.31. The Hall–Kier alpha value is -3.52. The third-order valence-corrected chi connectivity index (χ3v) is 4.53. The summed E-state index contributed by atoms with van der Waals surface area (Å²) in [7, 11) is 1.47. The topological polar surface area (TPSA) is 94.2 Å². The fourth-order valence-corrected chi connectivity index (χ4v) is 3.05. The SMILES string of the molecule is COc1cccc(N2C(=O)NC(=O)/C(=C/c3cc4c(cc3Cl)OCO4)C2=O)c1. The number of fused-ring (bicyclic) bond motifs is 1. The van der Waals surface area contributed by atoms with Gasteiger partial charge < -0.3 is 14.2 Å². The highest BCUT2D eigenvalue weighted by atomic mass is 35.5. The zero-order chi connectivity index (χ0) is 19.8. The Labute approximate surface area is 164 Å². The molecule has 9 heteroatoms. The molecule has 28 heavy (non-hydrogen) atoms. The summed E-state index contributed by atoms with van der Waals surface area (Å²) in [5.74, 6) is -0.224. The van der Waals surface area contributed by atoms with E-state index < -0.39 is 17.8 Å². The Morgan fingerprint density at radius 2 is 1.89 bits per heavy atom. The van der Waals surface area contributed by atoms with Crippen molar-refractivity contribution >= 4 is 41.2 Å². The van der Waals surface area contributed by atoms with Crippen molar-refractivity contribution in [1.29, 1.82) is 0 Å². The van der Waals surface area contributed by atoms with Crippen molar-refractivity contribution in [2.75, 3.05) is 18.8 Å². The summed E-state index contributed by atoms with van der Waals surface area (Å²) in [6.45, 7) is 0.0588. The minimum Gasteiger partial charge on any atom is -0.497 e. The fraction of sp³-hybridized carbons (Fsp3) is 0.105. The van der Waals surface area contributed by atoms with Crippen LogP contribution in [0.2, 0.25) is 5.02 Å². The zero-order valence-electron chi connectivity index (χ0n) is 14.5. The molecular formula is C19H13ClN2O6. The molecule has 0 aromatic heterocycles. The van der Waals surface area contributed by atoms with Gasteiger partial charge in [0.25, 0.3) is 11.8 Å². The van der Waals surface area contributed by atoms with Gasteiger partial charge in [0.1, 0.15) is 11.3 Å². The molecule has 0 aliphatic carbocycles. The van der Waals surface area contributed by atoms with E-state index in [1.807, 2.05) is 0 Å². The number of hydrogen-bond donors (Lipinski definition) is 1. The normalized spacial score (nSPS) is 17.1. The first kappa shape index (κ1) is 17.9. The molecule has 1 fully saturated rings. The van der Waals surface area contributed by atoms with Gasteiger partial charge in [-0.15, -0.1) is 0 Å². The van der Waals surface area contributed by atoms with Gasteiger partial charge in [-0.2, -0.15) is 0 Å². The van der Waals surface area contributed by atoms with E-state index in [4.69, 9.17) is 25.8 Å². The van der Waals surface area contributed by atoms with Gasteiger partial charge in [0, 0.05) is 12.1 Å². The molecular weight excluding hydrogens is 388 g/mol. The molecule has 0 bridgehead atoms. The second kappa shape index (κ2) is 6.90. The highest BCUT2D eigenvalue weighted by Crippen LogP contribution is 2.38. The highest BCUT2D eigenvalue weighted by Gasteiger charge is 2.37. The number of halogens is 1. The molecule has 2 heterocycles. The Morgan fingerprint density at radius 3 is 2.64 bits per heavy atom. The van der Waals surface area contributed by atoms with Crippen molar-refractivity contribution in [3.8, 4) is 17.2 Å². The quantitative estimate of drug-likeness (QED) is 0.629. The van der Waals surface area contributed by atoms with Crippen molar-refractivity contribution in [2.24, 2.45) is 0 Å². The van der Waals surface area contributed by atoms with Crippen molar-refractivity contribution in [1.82, 2.24) is 5.32 Å². The molecule has 0 atom stereocenters. The largest absolute Gasteiger partial charge is 0.497 e. The summed E-state index contributed by atoms with van der Waals surface area (Å²) in [4.78, 5) is 38.4. The van der Waals surface area contributed by atoms with Gasteiger partial charge in [-0.3, -0.25) is 14.9 Å². The Balaban J connectivity index is 1.75. The highest BCUT2D eigenvalue weighted by molar-refractivity contribution is 6.40. The molecule has 0 unspecified atom stereocenters. The number of barbiturate groups is 1. The summed E-state index contributed by atoms with van der Waals surface area (Å²) < 4.78 is 15.7. The number of nitrogens with zero attached hydrogens (tertiary/aromatic N) is 1. The number of methoxy groups -OCH3 is 1. The second-order valence-electron chi connectivity index (χ2n) is 5.89. The second-order valence-corrected chi connectivity index (χ2v) is 6.29. The molecule has 0 spiro atoms. The van der Waals surface area contributed by atoms with Crippen LogP contribution in [0.3, 0.4) is 0 Å². The summed E-state index contributed by atoms with van der Waals surface area (Å²) in [5.41, 5.74) is 0.393. The first-order valence-corrected chi connectivity index (χ1v) is 8.50. The fourth-order valence-electron chi connectivity index (χ4n) is 2.84. The lowest BCUT2D eigenvalue weighted by atomic mass is 10.1. The van der Waals surface area contributed by atoms with Gasteiger partial charge >= 0.3 is 6.03 Å². The van der Waals surface area contributed by atoms with E-state index in [-0.39, 0.29) is 23.1 Å². The number of benzene rings is 2. The maximum atomic E-state index is 12.9. The molecule has 4 rings (SSSR count). The molecule has 2 aromatic rings. The van der Waals surface area contributed by atoms with Crippen LogP contribution >= 0.6 is 11.6 Å². The first-order valence-electron chi connectivity index (χ1n) is 8.12. The molecule has 0 saturated carbocycles. The van der Waals surface area contributed by atoms with Gasteiger partial charge in [0.05, 0.1) is 17.8 Å². The minimum absolute atomic E-state index is 0.0588. The lowest BCUT2D eigenvalue weighted by Gasteiger charge is -2.26. The number of carbonyl (C=O) groups excluding carboxylic acids is 3. The van der Waals surface area contributed by atoms with Crippen LogP contribution in [-0.4, -0.2) is 31.7 Å². The predicted molar refractivity (Wildman–Crippen MR) is 99.6 cm³/mol. The van der Waals surface area contributed by atoms with E-state index in [2.05, 4.69) is 5.32 Å². The first-order chi connectivity index (χ1) is 13.5. The van der Waals surface area contributed by atoms with E-state index in [0.29, 0.717) is 22.8 Å². The predicted octanol–water partition coefficient (Wildman–Crippen LogP) is 2.74. The van der Waals surface area contributed by atoms with Crippen LogP contribution in [0.5, 0.6) is 17.2 Å². The van der Waals surface area contributed by atoms with E-state index >= 15 is 0 Å². The number of nitrogens with one attached hydrogen (secondary N) is 1. The van der Waals surface area contributed by atoms with Crippen molar-refractivity contribution in [2.45, 2.75) is 0 Å². The molecule has 1 N–H and O–H groups in total. The molecule has 2 aliphatic heterocycles. The van der Waals surface area contributed by atoms with Crippen LogP contribution in [0.25, 0.3) is 6.08 Å². The average Bonchev–Trinajstić information content (AvgIpc) is 3.12. The number of ether oxygens (including phenoxy) is 3. The third kappa shape index (κ3) is 3.03. The van der Waals surface area contributed by atoms with Crippen LogP contribution in [0.4, 0.5) is 10.5 Å². The van der Waals surface area contributed by atoms with Crippen LogP contribution in [0.1, 0.15) is 5.56 Å². The molecule has 142 valence electrons. The van der Waals surface area contributed by atoms with Crippen LogP contribution in [-0.2, 0) is 9.59 Å². The number of urea groups is 1. The molecule has 1 saturated heterocycles. The monoisotopic (exact) mass is 400 g/mol. The van der Waals surface area contributed by atoms with Gasteiger partial charge in [0.15, 0.2) is 11.5 Å². The van der Waals surface area contributed by atoms with E-state index in [1.54, 1.807) is 24.3 Å². The maximum absolute atomic E-state index is 12.9. The van der Waals surface area contributed by atoms with Gasteiger partial charge in [-0.05, 0) is 29.8 Å². The maximum Gasteiger partial charge on any atom is 0.335 e. The van der Waals surface area contributed by atoms with Crippen molar-refractivity contribution in [3.05, 3.63) is 52.6 Å². The van der Waals surface area contributed by atoms with Gasteiger partial charge in [-0.25, -0.2) is 9.69 Å². The summed E-state index contributed by atoms with van der Waals surface area (Å²) in [6, 6.07) is 8.61. The number of hydrogen-bond acceptors (Lipinski definition) is 6. The lowest BCUT2D eigenvalue weighted by Crippen LogP contribution is -2.54. The third-order valence-electron chi connectivity index (χ3n) is 4.20. The lowest BCUT2D eigenvalue weighted by molar-refractivity contribution is -0.122. The number of rotatable bonds is 3. The van der Waals surface area contributed by atoms with E-state index in [0.717, 1.165) is 4.90 Å². The van der Waals surface area contributed by atoms with E-state index in [1.165, 1.54) is 25.3 Å². The minimum atomic E-state index is -0.850. The van der Waals surface area contributed by atoms with Crippen molar-refractivity contribution in [3.63, 3.8) is 0 Å². The van der Waals surface area contributed by atoms with Crippen LogP contribution in [0.15, 0.2) is 42.0 Å². The number of carbonyl (C=O) groups is 3. The zero-order valence-corrected chi connectivity index (χ0v) is 15.3. The molecule has 2 aromatic carbocycles.